The number of carbonyl (C=O) groups excluding carboxylic acids is 2. The van der Waals surface area contributed by atoms with Crippen LogP contribution in [0, 0.1) is 5.82 Å². The van der Waals surface area contributed by atoms with Crippen molar-refractivity contribution in [1.82, 2.24) is 10.2 Å². The molecule has 2 aromatic rings. The van der Waals surface area contributed by atoms with Crippen molar-refractivity contribution in [2.45, 2.75) is 18.2 Å². The third-order valence-electron chi connectivity index (χ3n) is 4.24. The van der Waals surface area contributed by atoms with Crippen LogP contribution >= 0.6 is 11.8 Å². The van der Waals surface area contributed by atoms with Crippen LogP contribution in [-0.2, 0) is 16.1 Å². The van der Waals surface area contributed by atoms with E-state index in [0.29, 0.717) is 16.6 Å². The molecule has 0 radical (unpaired) electrons. The summed E-state index contributed by atoms with van der Waals surface area (Å²) < 4.78 is 18.1. The highest BCUT2D eigenvalue weighted by Gasteiger charge is 2.33. The Morgan fingerprint density at radius 1 is 1.25 bits per heavy atom. The number of nitrogens with one attached hydrogen (secondary N) is 1. The quantitative estimate of drug-likeness (QED) is 0.836. The van der Waals surface area contributed by atoms with Crippen LogP contribution in [0.5, 0.6) is 5.75 Å². The van der Waals surface area contributed by atoms with Crippen LogP contribution in [0.25, 0.3) is 0 Å². The predicted octanol–water partition coefficient (Wildman–Crippen LogP) is 3.10. The molecule has 2 amide bonds. The highest BCUT2D eigenvalue weighted by molar-refractivity contribution is 8.15. The van der Waals surface area contributed by atoms with E-state index in [0.717, 1.165) is 5.56 Å². The maximum atomic E-state index is 13.0. The molecule has 3 rings (SSSR count). The average molecular weight is 401 g/mol. The van der Waals surface area contributed by atoms with Crippen LogP contribution in [-0.4, -0.2) is 41.3 Å². The lowest BCUT2D eigenvalue weighted by atomic mass is 10.2. The molecule has 0 bridgehead atoms. The summed E-state index contributed by atoms with van der Waals surface area (Å²) in [6, 6.07) is 13.0. The second-order valence-corrected chi connectivity index (χ2v) is 7.37. The van der Waals surface area contributed by atoms with Crippen molar-refractivity contribution in [2.24, 2.45) is 4.99 Å². The predicted molar refractivity (Wildman–Crippen MR) is 107 cm³/mol. The van der Waals surface area contributed by atoms with Crippen LogP contribution in [0.3, 0.4) is 0 Å². The number of hydrogen-bond acceptors (Lipinski definition) is 5. The molecule has 0 unspecified atom stereocenters. The molecule has 1 aliphatic heterocycles. The topological polar surface area (TPSA) is 71.0 Å². The van der Waals surface area contributed by atoms with Crippen LogP contribution in [0.4, 0.5) is 10.1 Å². The summed E-state index contributed by atoms with van der Waals surface area (Å²) in [7, 11) is 3.23. The van der Waals surface area contributed by atoms with Crippen molar-refractivity contribution < 1.29 is 18.7 Å². The minimum atomic E-state index is -0.568. The Bertz CT molecular complexity index is 885. The summed E-state index contributed by atoms with van der Waals surface area (Å²) in [6.07, 6.45) is 0.0953. The van der Waals surface area contributed by atoms with Crippen molar-refractivity contribution in [1.29, 1.82) is 0 Å². The Balaban J connectivity index is 1.68. The van der Waals surface area contributed by atoms with E-state index in [-0.39, 0.29) is 30.6 Å². The van der Waals surface area contributed by atoms with Gasteiger partial charge in [-0.15, -0.1) is 0 Å². The number of carbonyl (C=O) groups is 2. The number of nitrogens with zero attached hydrogens (tertiary/aromatic N) is 2. The van der Waals surface area contributed by atoms with Gasteiger partial charge in [0.25, 0.3) is 0 Å². The molecule has 0 spiro atoms. The van der Waals surface area contributed by atoms with E-state index in [2.05, 4.69) is 10.3 Å². The first kappa shape index (κ1) is 19.9. The van der Waals surface area contributed by atoms with E-state index in [1.807, 2.05) is 0 Å². The minimum Gasteiger partial charge on any atom is -0.497 e. The molecule has 28 heavy (non-hydrogen) atoms. The summed E-state index contributed by atoms with van der Waals surface area (Å²) in [5.74, 6) is -0.0418. The zero-order chi connectivity index (χ0) is 20.1. The molecule has 0 saturated carbocycles. The number of rotatable bonds is 5. The first-order chi connectivity index (χ1) is 13.5. The minimum absolute atomic E-state index is 0.0953. The number of methoxy groups -OCH3 is 1. The van der Waals surface area contributed by atoms with Crippen LogP contribution < -0.4 is 10.1 Å². The molecule has 146 valence electrons. The number of thioether (sulfide) groups is 1. The van der Waals surface area contributed by atoms with E-state index in [1.54, 1.807) is 50.6 Å². The zero-order valence-electron chi connectivity index (χ0n) is 15.5. The molecule has 2 aromatic carbocycles. The number of ether oxygens (including phenoxy) is 1. The summed E-state index contributed by atoms with van der Waals surface area (Å²) in [5, 5.41) is 2.69. The molecule has 1 fully saturated rings. The first-order valence-corrected chi connectivity index (χ1v) is 9.52. The van der Waals surface area contributed by atoms with E-state index < -0.39 is 5.25 Å². The summed E-state index contributed by atoms with van der Waals surface area (Å²) >= 11 is 1.25. The smallest absolute Gasteiger partial charge is 0.234 e. The van der Waals surface area contributed by atoms with Crippen LogP contribution in [0.15, 0.2) is 53.5 Å². The standard InChI is InChI=1S/C20H20FN3O3S/c1-24-18(25)11-17(19(26)22-12-13-3-5-14(21)6-4-13)28-20(24)23-15-7-9-16(27-2)10-8-15/h3-10,17H,11-12H2,1-2H3,(H,22,26)/t17-/m1/s1. The number of benzene rings is 2. The third kappa shape index (κ3) is 4.89. The normalized spacial score (nSPS) is 18.2. The fraction of sp³-hybridized carbons (Fsp3) is 0.250. The highest BCUT2D eigenvalue weighted by atomic mass is 32.2. The lowest BCUT2D eigenvalue weighted by Crippen LogP contribution is -2.44. The molecule has 0 aromatic heterocycles. The van der Waals surface area contributed by atoms with Gasteiger partial charge in [0.05, 0.1) is 18.0 Å². The van der Waals surface area contributed by atoms with Gasteiger partial charge in [0, 0.05) is 20.0 Å². The second-order valence-electron chi connectivity index (χ2n) is 6.20. The molecule has 6 nitrogen and oxygen atoms in total. The van der Waals surface area contributed by atoms with Gasteiger partial charge in [0.1, 0.15) is 11.6 Å². The first-order valence-electron chi connectivity index (χ1n) is 8.64. The Hall–Kier alpha value is -2.87. The fourth-order valence-corrected chi connectivity index (χ4v) is 3.66. The van der Waals surface area contributed by atoms with Gasteiger partial charge >= 0.3 is 0 Å². The van der Waals surface area contributed by atoms with Crippen molar-refractivity contribution in [3.8, 4) is 5.75 Å². The van der Waals surface area contributed by atoms with Crippen LogP contribution in [0.2, 0.25) is 0 Å². The van der Waals surface area contributed by atoms with Gasteiger partial charge in [-0.3, -0.25) is 14.5 Å². The van der Waals surface area contributed by atoms with Crippen molar-refractivity contribution in [3.63, 3.8) is 0 Å². The van der Waals surface area contributed by atoms with Gasteiger partial charge in [-0.2, -0.15) is 0 Å². The largest absolute Gasteiger partial charge is 0.497 e. The monoisotopic (exact) mass is 401 g/mol. The Morgan fingerprint density at radius 3 is 2.57 bits per heavy atom. The maximum Gasteiger partial charge on any atom is 0.234 e. The third-order valence-corrected chi connectivity index (χ3v) is 5.48. The van der Waals surface area contributed by atoms with E-state index in [4.69, 9.17) is 4.74 Å². The number of halogens is 1. The molecule has 0 aliphatic carbocycles. The maximum absolute atomic E-state index is 13.0. The van der Waals surface area contributed by atoms with Crippen molar-refractivity contribution in [3.05, 3.63) is 59.9 Å². The second kappa shape index (κ2) is 8.88. The molecule has 1 heterocycles. The average Bonchev–Trinajstić information content (AvgIpc) is 2.71. The lowest BCUT2D eigenvalue weighted by Gasteiger charge is -2.28. The Labute approximate surface area is 166 Å². The summed E-state index contributed by atoms with van der Waals surface area (Å²) in [6.45, 7) is 0.269. The van der Waals surface area contributed by atoms with Gasteiger partial charge in [-0.1, -0.05) is 23.9 Å². The fourth-order valence-electron chi connectivity index (χ4n) is 2.57. The van der Waals surface area contributed by atoms with Crippen molar-refractivity contribution in [2.75, 3.05) is 14.2 Å². The van der Waals surface area contributed by atoms with Crippen LogP contribution in [0.1, 0.15) is 12.0 Å². The highest BCUT2D eigenvalue weighted by Crippen LogP contribution is 2.28. The van der Waals surface area contributed by atoms with E-state index in [9.17, 15) is 14.0 Å². The van der Waals surface area contributed by atoms with E-state index in [1.165, 1.54) is 28.8 Å². The van der Waals surface area contributed by atoms with Gasteiger partial charge in [-0.05, 0) is 42.0 Å². The molecular weight excluding hydrogens is 381 g/mol. The van der Waals surface area contributed by atoms with Crippen molar-refractivity contribution >= 4 is 34.4 Å². The van der Waals surface area contributed by atoms with Gasteiger partial charge < -0.3 is 10.1 Å². The SMILES string of the molecule is COc1ccc(N=C2S[C@@H](C(=O)NCc3ccc(F)cc3)CC(=O)N2C)cc1. The number of amidine groups is 1. The molecule has 1 atom stereocenters. The van der Waals surface area contributed by atoms with E-state index >= 15 is 0 Å². The number of amides is 2. The molecule has 8 heteroatoms. The molecule has 1 N–H and O–H groups in total. The molecular formula is C20H20FN3O3S. The zero-order valence-corrected chi connectivity index (χ0v) is 16.3. The number of hydrogen-bond donors (Lipinski definition) is 1. The Morgan fingerprint density at radius 2 is 1.93 bits per heavy atom. The Kier molecular flexibility index (Phi) is 6.30. The summed E-state index contributed by atoms with van der Waals surface area (Å²) in [5.41, 5.74) is 1.45. The molecule has 1 saturated heterocycles. The lowest BCUT2D eigenvalue weighted by molar-refractivity contribution is -0.129. The molecule has 1 aliphatic rings. The van der Waals surface area contributed by atoms with Gasteiger partial charge in [0.15, 0.2) is 5.17 Å². The van der Waals surface area contributed by atoms with Gasteiger partial charge in [0.2, 0.25) is 11.8 Å². The van der Waals surface area contributed by atoms with Gasteiger partial charge in [-0.25, -0.2) is 9.38 Å². The number of aliphatic imine (C=N–C) groups is 1. The summed E-state index contributed by atoms with van der Waals surface area (Å²) in [4.78, 5) is 30.8.